The number of rotatable bonds is 4. The van der Waals surface area contributed by atoms with Crippen molar-refractivity contribution in [2.45, 2.75) is 71.0 Å². The van der Waals surface area contributed by atoms with Crippen molar-refractivity contribution in [2.75, 3.05) is 19.7 Å². The minimum Gasteiger partial charge on any atom is -0.447 e. The highest BCUT2D eigenvalue weighted by Gasteiger charge is 2.25. The molecule has 0 spiro atoms. The first kappa shape index (κ1) is 15.6. The van der Waals surface area contributed by atoms with Gasteiger partial charge in [0.2, 0.25) is 0 Å². The molecule has 1 aliphatic heterocycles. The van der Waals surface area contributed by atoms with E-state index in [1.165, 1.54) is 32.1 Å². The Balaban J connectivity index is 1.62. The molecule has 4 nitrogen and oxygen atoms in total. The number of hydrogen-bond donors (Lipinski definition) is 0. The van der Waals surface area contributed by atoms with E-state index in [1.807, 2.05) is 18.7 Å². The highest BCUT2D eigenvalue weighted by molar-refractivity contribution is 5.67. The van der Waals surface area contributed by atoms with Crippen LogP contribution in [0.5, 0.6) is 0 Å². The highest BCUT2D eigenvalue weighted by Crippen LogP contribution is 2.23. The van der Waals surface area contributed by atoms with Gasteiger partial charge in [0.1, 0.15) is 0 Å². The fourth-order valence-electron chi connectivity index (χ4n) is 3.06. The van der Waals surface area contributed by atoms with Crippen LogP contribution in [0.2, 0.25) is 0 Å². The topological polar surface area (TPSA) is 38.8 Å². The van der Waals surface area contributed by atoms with E-state index in [4.69, 9.17) is 9.47 Å². The van der Waals surface area contributed by atoms with Crippen molar-refractivity contribution in [1.29, 1.82) is 0 Å². The summed E-state index contributed by atoms with van der Waals surface area (Å²) < 4.78 is 11.3. The summed E-state index contributed by atoms with van der Waals surface area (Å²) in [6.07, 6.45) is 8.87. The van der Waals surface area contributed by atoms with E-state index in [0.717, 1.165) is 32.5 Å². The molecular formula is C16H29NO3. The molecule has 4 heteroatoms. The molecule has 0 aromatic rings. The van der Waals surface area contributed by atoms with Crippen molar-refractivity contribution in [3.8, 4) is 0 Å². The summed E-state index contributed by atoms with van der Waals surface area (Å²) in [5.41, 5.74) is 0. The molecule has 1 saturated carbocycles. The second kappa shape index (κ2) is 7.87. The Morgan fingerprint density at radius 1 is 1.10 bits per heavy atom. The minimum absolute atomic E-state index is 0.0325. The molecule has 2 fully saturated rings. The third-order valence-corrected chi connectivity index (χ3v) is 4.33. The molecule has 1 aliphatic carbocycles. The fourth-order valence-corrected chi connectivity index (χ4v) is 3.06. The standard InChI is InChI=1S/C16H29NO3/c1-13(2)20-16(18)17-10-8-14(9-11-17)12-19-15-6-4-3-5-7-15/h13-15H,3-12H2,1-2H3. The predicted molar refractivity (Wildman–Crippen MR) is 78.7 cm³/mol. The number of likely N-dealkylation sites (tertiary alicyclic amines) is 1. The van der Waals surface area contributed by atoms with E-state index < -0.39 is 0 Å². The van der Waals surface area contributed by atoms with Gasteiger partial charge in [0.25, 0.3) is 0 Å². The normalized spacial score (nSPS) is 22.2. The van der Waals surface area contributed by atoms with Crippen LogP contribution in [-0.2, 0) is 9.47 Å². The molecule has 0 atom stereocenters. The SMILES string of the molecule is CC(C)OC(=O)N1CCC(COC2CCCCC2)CC1. The lowest BCUT2D eigenvalue weighted by atomic mass is 9.96. The van der Waals surface area contributed by atoms with Gasteiger partial charge in [0.15, 0.2) is 0 Å². The summed E-state index contributed by atoms with van der Waals surface area (Å²) in [5, 5.41) is 0. The maximum atomic E-state index is 11.8. The summed E-state index contributed by atoms with van der Waals surface area (Å²) in [6.45, 7) is 6.28. The Morgan fingerprint density at radius 2 is 1.75 bits per heavy atom. The van der Waals surface area contributed by atoms with Gasteiger partial charge in [-0.2, -0.15) is 0 Å². The van der Waals surface area contributed by atoms with Crippen LogP contribution in [0.15, 0.2) is 0 Å². The van der Waals surface area contributed by atoms with Gasteiger partial charge in [-0.05, 0) is 45.4 Å². The summed E-state index contributed by atoms with van der Waals surface area (Å²) in [5.74, 6) is 0.611. The fraction of sp³-hybridized carbons (Fsp3) is 0.938. The molecule has 0 aromatic carbocycles. The van der Waals surface area contributed by atoms with Gasteiger partial charge in [-0.15, -0.1) is 0 Å². The van der Waals surface area contributed by atoms with Crippen molar-refractivity contribution >= 4 is 6.09 Å². The quantitative estimate of drug-likeness (QED) is 0.791. The Labute approximate surface area is 122 Å². The first-order chi connectivity index (χ1) is 9.65. The van der Waals surface area contributed by atoms with Gasteiger partial charge in [-0.3, -0.25) is 0 Å². The van der Waals surface area contributed by atoms with Crippen LogP contribution in [0.1, 0.15) is 58.8 Å². The lowest BCUT2D eigenvalue weighted by molar-refractivity contribution is -0.00662. The van der Waals surface area contributed by atoms with Crippen LogP contribution in [0.25, 0.3) is 0 Å². The second-order valence-corrected chi connectivity index (χ2v) is 6.46. The van der Waals surface area contributed by atoms with Crippen molar-refractivity contribution in [1.82, 2.24) is 4.90 Å². The van der Waals surface area contributed by atoms with Crippen LogP contribution in [-0.4, -0.2) is 42.9 Å². The van der Waals surface area contributed by atoms with Crippen LogP contribution in [0.3, 0.4) is 0 Å². The molecule has 0 bridgehead atoms. The Bertz CT molecular complexity index is 292. The van der Waals surface area contributed by atoms with Crippen LogP contribution in [0, 0.1) is 5.92 Å². The second-order valence-electron chi connectivity index (χ2n) is 6.46. The summed E-state index contributed by atoms with van der Waals surface area (Å²) in [6, 6.07) is 0. The molecule has 1 heterocycles. The van der Waals surface area contributed by atoms with E-state index in [1.54, 1.807) is 0 Å². The number of ether oxygens (including phenoxy) is 2. The van der Waals surface area contributed by atoms with Crippen LogP contribution in [0.4, 0.5) is 4.79 Å². The van der Waals surface area contributed by atoms with Crippen molar-refractivity contribution in [3.05, 3.63) is 0 Å². The number of nitrogens with zero attached hydrogens (tertiary/aromatic N) is 1. The Kier molecular flexibility index (Phi) is 6.14. The van der Waals surface area contributed by atoms with E-state index in [0.29, 0.717) is 12.0 Å². The summed E-state index contributed by atoms with van der Waals surface area (Å²) in [4.78, 5) is 13.6. The maximum Gasteiger partial charge on any atom is 0.410 e. The molecular weight excluding hydrogens is 254 g/mol. The van der Waals surface area contributed by atoms with Gasteiger partial charge in [0.05, 0.1) is 12.2 Å². The molecule has 1 amide bonds. The zero-order valence-corrected chi connectivity index (χ0v) is 13.0. The highest BCUT2D eigenvalue weighted by atomic mass is 16.6. The number of carbonyl (C=O) groups excluding carboxylic acids is 1. The number of piperidine rings is 1. The van der Waals surface area contributed by atoms with E-state index >= 15 is 0 Å². The zero-order valence-electron chi connectivity index (χ0n) is 13.0. The van der Waals surface area contributed by atoms with Crippen molar-refractivity contribution in [2.24, 2.45) is 5.92 Å². The van der Waals surface area contributed by atoms with E-state index in [2.05, 4.69) is 0 Å². The summed E-state index contributed by atoms with van der Waals surface area (Å²) in [7, 11) is 0. The predicted octanol–water partition coefficient (Wildman–Crippen LogP) is 3.59. The largest absolute Gasteiger partial charge is 0.447 e. The first-order valence-corrected chi connectivity index (χ1v) is 8.22. The van der Waals surface area contributed by atoms with Gasteiger partial charge in [-0.25, -0.2) is 4.79 Å². The van der Waals surface area contributed by atoms with Gasteiger partial charge in [-0.1, -0.05) is 19.3 Å². The molecule has 0 aromatic heterocycles. The first-order valence-electron chi connectivity index (χ1n) is 8.22. The van der Waals surface area contributed by atoms with Gasteiger partial charge in [0, 0.05) is 19.7 Å². The molecule has 2 aliphatic rings. The monoisotopic (exact) mass is 283 g/mol. The average Bonchev–Trinajstić information content (AvgIpc) is 2.46. The Hall–Kier alpha value is -0.770. The summed E-state index contributed by atoms with van der Waals surface area (Å²) >= 11 is 0. The van der Waals surface area contributed by atoms with E-state index in [9.17, 15) is 4.79 Å². The number of carbonyl (C=O) groups is 1. The van der Waals surface area contributed by atoms with Crippen LogP contribution >= 0.6 is 0 Å². The molecule has 0 radical (unpaired) electrons. The smallest absolute Gasteiger partial charge is 0.410 e. The Morgan fingerprint density at radius 3 is 2.35 bits per heavy atom. The average molecular weight is 283 g/mol. The molecule has 0 N–H and O–H groups in total. The molecule has 2 rings (SSSR count). The zero-order chi connectivity index (χ0) is 14.4. The lowest BCUT2D eigenvalue weighted by Gasteiger charge is -2.32. The van der Waals surface area contributed by atoms with Crippen LogP contribution < -0.4 is 0 Å². The van der Waals surface area contributed by atoms with E-state index in [-0.39, 0.29) is 12.2 Å². The molecule has 20 heavy (non-hydrogen) atoms. The van der Waals surface area contributed by atoms with Crippen molar-refractivity contribution in [3.63, 3.8) is 0 Å². The number of amides is 1. The molecule has 1 saturated heterocycles. The van der Waals surface area contributed by atoms with Crippen molar-refractivity contribution < 1.29 is 14.3 Å². The van der Waals surface area contributed by atoms with Gasteiger partial charge >= 0.3 is 6.09 Å². The third kappa shape index (κ3) is 4.97. The lowest BCUT2D eigenvalue weighted by Crippen LogP contribution is -2.40. The minimum atomic E-state index is -0.161. The number of hydrogen-bond acceptors (Lipinski definition) is 3. The van der Waals surface area contributed by atoms with Gasteiger partial charge < -0.3 is 14.4 Å². The molecule has 116 valence electrons. The third-order valence-electron chi connectivity index (χ3n) is 4.33. The molecule has 0 unspecified atom stereocenters. The maximum absolute atomic E-state index is 11.8.